The van der Waals surface area contributed by atoms with Crippen LogP contribution in [0.15, 0.2) is 84.9 Å². The molecule has 1 aliphatic heterocycles. The Morgan fingerprint density at radius 2 is 0.750 bits per heavy atom. The van der Waals surface area contributed by atoms with Crippen molar-refractivity contribution in [3.05, 3.63) is 118 Å². The fourth-order valence-corrected chi connectivity index (χ4v) is 9.38. The number of hydrogen-bond acceptors (Lipinski definition) is 3. The molecule has 297 valence electrons. The summed E-state index contributed by atoms with van der Waals surface area (Å²) in [4.78, 5) is 12.0. The minimum absolute atomic E-state index is 0. The van der Waals surface area contributed by atoms with Crippen molar-refractivity contribution in [2.45, 2.75) is 119 Å². The van der Waals surface area contributed by atoms with Crippen LogP contribution >= 0.6 is 7.82 Å². The van der Waals surface area contributed by atoms with Crippen LogP contribution in [0.25, 0.3) is 54.9 Å². The fraction of sp³-hybridized carbons (Fsp3) is 0.360. The fourth-order valence-electron chi connectivity index (χ4n) is 8.50. The summed E-state index contributed by atoms with van der Waals surface area (Å²) in [7, 11) is -4.75. The van der Waals surface area contributed by atoms with Crippen LogP contribution in [0.3, 0.4) is 0 Å². The summed E-state index contributed by atoms with van der Waals surface area (Å²) in [5.74, 6) is 2.21. The molecule has 1 heterocycles. The van der Waals surface area contributed by atoms with Crippen LogP contribution in [0.2, 0.25) is 0 Å². The third-order valence-corrected chi connectivity index (χ3v) is 12.3. The van der Waals surface area contributed by atoms with Crippen LogP contribution in [0.5, 0.6) is 11.5 Å². The van der Waals surface area contributed by atoms with Crippen LogP contribution in [-0.2, 0) is 26.9 Å². The number of rotatable bonds is 8. The first-order valence-corrected chi connectivity index (χ1v) is 21.7. The Balaban J connectivity index is 0.00000532. The maximum absolute atomic E-state index is 14.7. The molecular weight excluding hydrogens is 803 g/mol. The first-order chi connectivity index (χ1) is 26.0. The Kier molecular flexibility index (Phi) is 12.0. The number of phosphoric ester groups is 1. The van der Waals surface area contributed by atoms with Gasteiger partial charge in [0.2, 0.25) is 0 Å². The van der Waals surface area contributed by atoms with Crippen molar-refractivity contribution in [2.24, 2.45) is 0 Å². The van der Waals surface area contributed by atoms with E-state index in [-0.39, 0.29) is 46.1 Å². The molecule has 1 radical (unpaired) electrons. The van der Waals surface area contributed by atoms with Crippen molar-refractivity contribution in [2.75, 3.05) is 0 Å². The molecule has 0 atom stereocenters. The van der Waals surface area contributed by atoms with Gasteiger partial charge in [0.1, 0.15) is 11.5 Å². The smallest absolute Gasteiger partial charge is 0.394 e. The molecule has 6 heteroatoms. The van der Waals surface area contributed by atoms with E-state index in [9.17, 15) is 9.46 Å². The molecule has 0 bridgehead atoms. The molecule has 7 rings (SSSR count). The van der Waals surface area contributed by atoms with Crippen molar-refractivity contribution in [3.63, 3.8) is 0 Å². The Hall–Kier alpha value is -3.63. The van der Waals surface area contributed by atoms with Gasteiger partial charge in [-0.05, 0) is 114 Å². The standard InChI is InChI=1S/C50H57O4P.Ag/c1-27(2)35-23-39(29(5)6)45(40(24-35)30(7)8)43-21-33-17-13-15-19-37(33)47-48-38-20-16-14-18-34(38)22-44(50(48)54-55(51,52)53-49(43)47)46-41(31(9)10)25-36(28(3)4)26-42(46)32(11)12;/h13-32H,1-12H3,(H,51,52);. The van der Waals surface area contributed by atoms with Crippen molar-refractivity contribution in [3.8, 4) is 44.9 Å². The van der Waals surface area contributed by atoms with Gasteiger partial charge in [0.25, 0.3) is 0 Å². The van der Waals surface area contributed by atoms with E-state index in [1.807, 2.05) is 12.1 Å². The van der Waals surface area contributed by atoms with Crippen molar-refractivity contribution >= 4 is 29.4 Å². The summed E-state index contributed by atoms with van der Waals surface area (Å²) in [6.07, 6.45) is 0. The molecular formula is C50H57AgO4P. The van der Waals surface area contributed by atoms with Crippen LogP contribution in [0.1, 0.15) is 152 Å². The summed E-state index contributed by atoms with van der Waals surface area (Å²) < 4.78 is 27.7. The normalized spacial score (nSPS) is 13.7. The van der Waals surface area contributed by atoms with Gasteiger partial charge in [-0.2, -0.15) is 0 Å². The second kappa shape index (κ2) is 16.0. The van der Waals surface area contributed by atoms with Gasteiger partial charge in [-0.3, -0.25) is 4.89 Å². The Labute approximate surface area is 350 Å². The summed E-state index contributed by atoms with van der Waals surface area (Å²) >= 11 is 0. The molecule has 0 aliphatic carbocycles. The summed E-state index contributed by atoms with van der Waals surface area (Å²) in [6, 6.07) is 30.3. The summed E-state index contributed by atoms with van der Waals surface area (Å²) in [5.41, 5.74) is 12.7. The Morgan fingerprint density at radius 1 is 0.446 bits per heavy atom. The van der Waals surface area contributed by atoms with E-state index in [1.54, 1.807) is 0 Å². The Morgan fingerprint density at radius 3 is 1.04 bits per heavy atom. The van der Waals surface area contributed by atoms with Gasteiger partial charge in [-0.25, -0.2) is 4.57 Å². The quantitative estimate of drug-likeness (QED) is 0.122. The first kappa shape index (κ1) is 42.0. The molecule has 0 saturated heterocycles. The van der Waals surface area contributed by atoms with Crippen LogP contribution in [0.4, 0.5) is 0 Å². The molecule has 6 aromatic rings. The predicted molar refractivity (Wildman–Crippen MR) is 233 cm³/mol. The Bertz CT molecular complexity index is 2280. The molecule has 4 nitrogen and oxygen atoms in total. The van der Waals surface area contributed by atoms with Crippen LogP contribution in [-0.4, -0.2) is 4.89 Å². The summed E-state index contributed by atoms with van der Waals surface area (Å²) in [5, 5.41) is 3.93. The van der Waals surface area contributed by atoms with E-state index < -0.39 is 7.82 Å². The molecule has 56 heavy (non-hydrogen) atoms. The van der Waals surface area contributed by atoms with E-state index in [0.29, 0.717) is 23.3 Å². The third kappa shape index (κ3) is 7.45. The van der Waals surface area contributed by atoms with Gasteiger partial charge < -0.3 is 9.05 Å². The molecule has 0 fully saturated rings. The van der Waals surface area contributed by atoms with Gasteiger partial charge in [0.05, 0.1) is 0 Å². The minimum Gasteiger partial charge on any atom is -0.394 e. The molecule has 0 aromatic heterocycles. The SMILES string of the molecule is CC(C)c1cc(C(C)C)c(-c2cc3ccccc3c3c2OP(=O)(O)Oc2c(-c4c(C(C)C)cc(C(C)C)cc4C(C)C)cc4ccccc4c2-3)c(C(C)C)c1.[Ag]. The van der Waals surface area contributed by atoms with Crippen molar-refractivity contribution < 1.29 is 40.9 Å². The van der Waals surface area contributed by atoms with E-state index in [0.717, 1.165) is 54.9 Å². The zero-order valence-corrected chi connectivity index (χ0v) is 37.3. The molecule has 6 aromatic carbocycles. The zero-order valence-electron chi connectivity index (χ0n) is 35.0. The largest absolute Gasteiger partial charge is 0.584 e. The van der Waals surface area contributed by atoms with Gasteiger partial charge >= 0.3 is 7.82 Å². The number of benzene rings is 6. The monoisotopic (exact) mass is 859 g/mol. The summed E-state index contributed by atoms with van der Waals surface area (Å²) in [6.45, 7) is 26.8. The van der Waals surface area contributed by atoms with E-state index >= 15 is 0 Å². The van der Waals surface area contributed by atoms with Gasteiger partial charge in [-0.1, -0.05) is 156 Å². The molecule has 0 saturated carbocycles. The molecule has 0 unspecified atom stereocenters. The zero-order chi connectivity index (χ0) is 39.7. The first-order valence-electron chi connectivity index (χ1n) is 20.2. The molecule has 0 spiro atoms. The maximum Gasteiger partial charge on any atom is 0.584 e. The molecule has 1 aliphatic rings. The number of fused-ring (bicyclic) bond motifs is 7. The number of phosphoric acid groups is 1. The predicted octanol–water partition coefficient (Wildman–Crippen LogP) is 15.6. The van der Waals surface area contributed by atoms with Gasteiger partial charge in [0.15, 0.2) is 0 Å². The second-order valence-corrected chi connectivity index (χ2v) is 18.7. The molecule has 0 amide bonds. The van der Waals surface area contributed by atoms with E-state index in [2.05, 4.69) is 156 Å². The van der Waals surface area contributed by atoms with E-state index in [4.69, 9.17) is 9.05 Å². The average molecular weight is 861 g/mol. The second-order valence-electron chi connectivity index (χ2n) is 17.4. The maximum atomic E-state index is 14.7. The topological polar surface area (TPSA) is 55.8 Å². The van der Waals surface area contributed by atoms with Gasteiger partial charge in [0, 0.05) is 44.6 Å². The van der Waals surface area contributed by atoms with Crippen molar-refractivity contribution in [1.82, 2.24) is 0 Å². The third-order valence-electron chi connectivity index (χ3n) is 11.5. The minimum atomic E-state index is -4.75. The van der Waals surface area contributed by atoms with Crippen molar-refractivity contribution in [1.29, 1.82) is 0 Å². The molecule has 1 N–H and O–H groups in total. The van der Waals surface area contributed by atoms with Gasteiger partial charge in [-0.15, -0.1) is 0 Å². The number of hydrogen-bond donors (Lipinski definition) is 1. The average Bonchev–Trinajstić information content (AvgIpc) is 3.26. The van der Waals surface area contributed by atoms with E-state index in [1.165, 1.54) is 33.4 Å². The van der Waals surface area contributed by atoms with Crippen LogP contribution in [0, 0.1) is 0 Å². The van der Waals surface area contributed by atoms with Crippen LogP contribution < -0.4 is 9.05 Å².